The van der Waals surface area contributed by atoms with E-state index in [0.29, 0.717) is 13.1 Å². The van der Waals surface area contributed by atoms with E-state index in [1.54, 1.807) is 4.90 Å². The zero-order chi connectivity index (χ0) is 12.8. The van der Waals surface area contributed by atoms with Crippen molar-refractivity contribution in [3.05, 3.63) is 17.7 Å². The molecule has 1 aromatic rings. The summed E-state index contributed by atoms with van der Waals surface area (Å²) < 4.78 is 0. The van der Waals surface area contributed by atoms with Gasteiger partial charge in [-0.3, -0.25) is 4.79 Å². The van der Waals surface area contributed by atoms with Crippen LogP contribution < -0.4 is 0 Å². The molecule has 6 nitrogen and oxygen atoms in total. The summed E-state index contributed by atoms with van der Waals surface area (Å²) in [4.78, 5) is 30.8. The number of amides is 1. The maximum atomic E-state index is 12.0. The van der Waals surface area contributed by atoms with E-state index < -0.39 is 5.97 Å². The standard InChI is InChI=1S/C11H17N3O3/c1-3-5-6-14(4-2)10(15)8-9(11(16)17)13-7-12-8/h7H,3-6H2,1-2H3,(H,12,13)(H,16,17). The minimum atomic E-state index is -1.17. The van der Waals surface area contributed by atoms with Crippen LogP contribution in [0.5, 0.6) is 0 Å². The van der Waals surface area contributed by atoms with E-state index in [1.807, 2.05) is 13.8 Å². The van der Waals surface area contributed by atoms with Gasteiger partial charge in [0.2, 0.25) is 0 Å². The Balaban J connectivity index is 2.86. The van der Waals surface area contributed by atoms with Crippen LogP contribution in [-0.4, -0.2) is 44.9 Å². The van der Waals surface area contributed by atoms with Gasteiger partial charge in [0.25, 0.3) is 5.91 Å². The molecule has 0 radical (unpaired) electrons. The Bertz CT molecular complexity index is 400. The molecular weight excluding hydrogens is 222 g/mol. The van der Waals surface area contributed by atoms with Crippen molar-refractivity contribution in [3.8, 4) is 0 Å². The first-order chi connectivity index (χ1) is 8.11. The number of nitrogens with zero attached hydrogens (tertiary/aromatic N) is 2. The molecule has 17 heavy (non-hydrogen) atoms. The van der Waals surface area contributed by atoms with Crippen LogP contribution in [0, 0.1) is 0 Å². The Morgan fingerprint density at radius 2 is 2.18 bits per heavy atom. The molecule has 1 heterocycles. The molecule has 1 aromatic heterocycles. The van der Waals surface area contributed by atoms with Crippen molar-refractivity contribution in [2.75, 3.05) is 13.1 Å². The molecule has 0 aliphatic rings. The maximum absolute atomic E-state index is 12.0. The molecule has 0 atom stereocenters. The monoisotopic (exact) mass is 239 g/mol. The van der Waals surface area contributed by atoms with Crippen LogP contribution in [0.15, 0.2) is 6.33 Å². The zero-order valence-corrected chi connectivity index (χ0v) is 10.1. The van der Waals surface area contributed by atoms with Crippen molar-refractivity contribution < 1.29 is 14.7 Å². The number of carboxylic acid groups (broad SMARTS) is 1. The lowest BCUT2D eigenvalue weighted by Crippen LogP contribution is -2.33. The van der Waals surface area contributed by atoms with Gasteiger partial charge in [0.15, 0.2) is 11.4 Å². The second-order valence-corrected chi connectivity index (χ2v) is 3.67. The summed E-state index contributed by atoms with van der Waals surface area (Å²) in [6.07, 6.45) is 3.10. The molecule has 6 heteroatoms. The van der Waals surface area contributed by atoms with Crippen LogP contribution in [0.1, 0.15) is 47.7 Å². The molecule has 0 aromatic carbocycles. The molecule has 0 bridgehead atoms. The smallest absolute Gasteiger partial charge is 0.354 e. The molecule has 1 rings (SSSR count). The molecule has 2 N–H and O–H groups in total. The number of aromatic nitrogens is 2. The fraction of sp³-hybridized carbons (Fsp3) is 0.545. The van der Waals surface area contributed by atoms with Crippen molar-refractivity contribution in [3.63, 3.8) is 0 Å². The number of imidazole rings is 1. The molecular formula is C11H17N3O3. The van der Waals surface area contributed by atoms with Gasteiger partial charge in [-0.05, 0) is 13.3 Å². The number of aromatic amines is 1. The van der Waals surface area contributed by atoms with Gasteiger partial charge in [-0.25, -0.2) is 9.78 Å². The highest BCUT2D eigenvalue weighted by Crippen LogP contribution is 2.08. The van der Waals surface area contributed by atoms with Crippen molar-refractivity contribution in [1.82, 2.24) is 14.9 Å². The molecule has 0 aliphatic carbocycles. The number of hydrogen-bond donors (Lipinski definition) is 2. The number of H-pyrrole nitrogens is 1. The predicted molar refractivity (Wildman–Crippen MR) is 62.0 cm³/mol. The molecule has 0 fully saturated rings. The summed E-state index contributed by atoms with van der Waals surface area (Å²) in [7, 11) is 0. The molecule has 0 spiro atoms. The van der Waals surface area contributed by atoms with Crippen molar-refractivity contribution in [1.29, 1.82) is 0 Å². The van der Waals surface area contributed by atoms with E-state index >= 15 is 0 Å². The first-order valence-corrected chi connectivity index (χ1v) is 5.67. The molecule has 94 valence electrons. The Labute approximate surface area is 99.7 Å². The predicted octanol–water partition coefficient (Wildman–Crippen LogP) is 1.37. The highest BCUT2D eigenvalue weighted by Gasteiger charge is 2.23. The minimum absolute atomic E-state index is 0.0181. The summed E-state index contributed by atoms with van der Waals surface area (Å²) in [6.45, 7) is 5.07. The highest BCUT2D eigenvalue weighted by molar-refractivity contribution is 6.02. The van der Waals surface area contributed by atoms with Gasteiger partial charge >= 0.3 is 5.97 Å². The normalized spacial score (nSPS) is 10.2. The van der Waals surface area contributed by atoms with Crippen molar-refractivity contribution in [2.24, 2.45) is 0 Å². The molecule has 0 saturated carbocycles. The van der Waals surface area contributed by atoms with E-state index in [2.05, 4.69) is 9.97 Å². The summed E-state index contributed by atoms with van der Waals surface area (Å²) >= 11 is 0. The average molecular weight is 239 g/mol. The summed E-state index contributed by atoms with van der Waals surface area (Å²) in [5, 5.41) is 8.89. The third kappa shape index (κ3) is 3.05. The second-order valence-electron chi connectivity index (χ2n) is 3.67. The van der Waals surface area contributed by atoms with E-state index in [-0.39, 0.29) is 17.3 Å². The van der Waals surface area contributed by atoms with Gasteiger partial charge < -0.3 is 15.0 Å². The van der Waals surface area contributed by atoms with E-state index in [9.17, 15) is 9.59 Å². The third-order valence-corrected chi connectivity index (χ3v) is 2.51. The van der Waals surface area contributed by atoms with E-state index in [0.717, 1.165) is 12.8 Å². The van der Waals surface area contributed by atoms with Crippen molar-refractivity contribution >= 4 is 11.9 Å². The van der Waals surface area contributed by atoms with Crippen LogP contribution in [0.3, 0.4) is 0 Å². The SMILES string of the molecule is CCCCN(CC)C(=O)c1nc[nH]c1C(=O)O. The highest BCUT2D eigenvalue weighted by atomic mass is 16.4. The van der Waals surface area contributed by atoms with Gasteiger partial charge in [0.05, 0.1) is 6.33 Å². The topological polar surface area (TPSA) is 86.3 Å². The number of hydrogen-bond acceptors (Lipinski definition) is 3. The fourth-order valence-corrected chi connectivity index (χ4v) is 1.52. The van der Waals surface area contributed by atoms with Gasteiger partial charge in [-0.1, -0.05) is 13.3 Å². The van der Waals surface area contributed by atoms with Gasteiger partial charge in [-0.2, -0.15) is 0 Å². The number of nitrogens with one attached hydrogen (secondary N) is 1. The average Bonchev–Trinajstić information content (AvgIpc) is 2.78. The number of carbonyl (C=O) groups excluding carboxylic acids is 1. The lowest BCUT2D eigenvalue weighted by molar-refractivity contribution is 0.0669. The van der Waals surface area contributed by atoms with Crippen LogP contribution in [0.25, 0.3) is 0 Å². The number of carboxylic acids is 1. The molecule has 0 unspecified atom stereocenters. The molecule has 0 aliphatic heterocycles. The summed E-state index contributed by atoms with van der Waals surface area (Å²) in [6, 6.07) is 0. The van der Waals surface area contributed by atoms with Crippen LogP contribution in [0.4, 0.5) is 0 Å². The fourth-order valence-electron chi connectivity index (χ4n) is 1.52. The van der Waals surface area contributed by atoms with Gasteiger partial charge in [0, 0.05) is 13.1 Å². The summed E-state index contributed by atoms with van der Waals surface area (Å²) in [5.41, 5.74) is -0.166. The lowest BCUT2D eigenvalue weighted by Gasteiger charge is -2.19. The third-order valence-electron chi connectivity index (χ3n) is 2.51. The van der Waals surface area contributed by atoms with Crippen LogP contribution in [0.2, 0.25) is 0 Å². The Kier molecular flexibility index (Phi) is 4.68. The van der Waals surface area contributed by atoms with Gasteiger partial charge in [0.1, 0.15) is 0 Å². The number of rotatable bonds is 6. The zero-order valence-electron chi connectivity index (χ0n) is 10.1. The van der Waals surface area contributed by atoms with E-state index in [4.69, 9.17) is 5.11 Å². The number of aromatic carboxylic acids is 1. The first kappa shape index (κ1) is 13.2. The van der Waals surface area contributed by atoms with E-state index in [1.165, 1.54) is 6.33 Å². The quantitative estimate of drug-likeness (QED) is 0.785. The van der Waals surface area contributed by atoms with Crippen LogP contribution >= 0.6 is 0 Å². The largest absolute Gasteiger partial charge is 0.477 e. The number of carbonyl (C=O) groups is 2. The lowest BCUT2D eigenvalue weighted by atomic mass is 10.2. The number of unbranched alkanes of at least 4 members (excludes halogenated alkanes) is 1. The second kappa shape index (κ2) is 6.03. The molecule has 1 amide bonds. The maximum Gasteiger partial charge on any atom is 0.354 e. The van der Waals surface area contributed by atoms with Crippen LogP contribution in [-0.2, 0) is 0 Å². The Morgan fingerprint density at radius 3 is 2.71 bits per heavy atom. The van der Waals surface area contributed by atoms with Gasteiger partial charge in [-0.15, -0.1) is 0 Å². The van der Waals surface area contributed by atoms with Crippen molar-refractivity contribution in [2.45, 2.75) is 26.7 Å². The Morgan fingerprint density at radius 1 is 1.47 bits per heavy atom. The first-order valence-electron chi connectivity index (χ1n) is 5.67. The Hall–Kier alpha value is -1.85. The molecule has 0 saturated heterocycles. The summed E-state index contributed by atoms with van der Waals surface area (Å²) in [5.74, 6) is -1.50. The minimum Gasteiger partial charge on any atom is -0.477 e.